The van der Waals surface area contributed by atoms with E-state index in [1.165, 1.54) is 38.5 Å². The molecule has 166 valence electrons. The van der Waals surface area contributed by atoms with E-state index in [1.807, 2.05) is 6.07 Å². The van der Waals surface area contributed by atoms with Crippen LogP contribution >= 0.6 is 24.0 Å². The lowest BCUT2D eigenvalue weighted by atomic mass is 9.96. The van der Waals surface area contributed by atoms with Gasteiger partial charge in [-0.15, -0.1) is 24.0 Å². The number of halogens is 1. The Labute approximate surface area is 193 Å². The van der Waals surface area contributed by atoms with Crippen molar-refractivity contribution in [2.75, 3.05) is 53.0 Å². The molecule has 0 aliphatic carbocycles. The quantitative estimate of drug-likeness (QED) is 0.319. The van der Waals surface area contributed by atoms with Crippen molar-refractivity contribution in [3.05, 3.63) is 24.2 Å². The normalized spacial score (nSPS) is 20.1. The molecule has 0 bridgehead atoms. The maximum absolute atomic E-state index is 5.77. The van der Waals surface area contributed by atoms with Gasteiger partial charge >= 0.3 is 0 Å². The zero-order valence-corrected chi connectivity index (χ0v) is 20.5. The Morgan fingerprint density at radius 1 is 1.28 bits per heavy atom. The van der Waals surface area contributed by atoms with Gasteiger partial charge in [0.1, 0.15) is 5.76 Å². The Morgan fingerprint density at radius 3 is 2.69 bits per heavy atom. The number of nitrogens with one attached hydrogen (secondary N) is 1. The first-order chi connectivity index (χ1) is 13.8. The van der Waals surface area contributed by atoms with Crippen molar-refractivity contribution in [2.45, 2.75) is 51.5 Å². The van der Waals surface area contributed by atoms with Gasteiger partial charge in [0.05, 0.1) is 18.8 Å². The monoisotopic (exact) mass is 518 g/mol. The molecule has 0 spiro atoms. The molecule has 2 aliphatic heterocycles. The van der Waals surface area contributed by atoms with Crippen LogP contribution in [0.3, 0.4) is 0 Å². The second kappa shape index (κ2) is 13.5. The van der Waals surface area contributed by atoms with Crippen LogP contribution in [-0.2, 0) is 4.74 Å². The van der Waals surface area contributed by atoms with Crippen LogP contribution < -0.4 is 5.32 Å². The number of nitrogens with zero attached hydrogens (tertiary/aromatic N) is 3. The molecule has 7 heteroatoms. The van der Waals surface area contributed by atoms with Crippen molar-refractivity contribution >= 4 is 29.9 Å². The van der Waals surface area contributed by atoms with Crippen LogP contribution in [0.25, 0.3) is 0 Å². The Bertz CT molecular complexity index is 569. The molecule has 0 saturated carbocycles. The van der Waals surface area contributed by atoms with Crippen molar-refractivity contribution in [1.82, 2.24) is 15.1 Å². The summed E-state index contributed by atoms with van der Waals surface area (Å²) in [6.45, 7) is 8.90. The Kier molecular flexibility index (Phi) is 11.4. The van der Waals surface area contributed by atoms with Gasteiger partial charge in [-0.1, -0.05) is 6.42 Å². The number of guanidine groups is 1. The van der Waals surface area contributed by atoms with Crippen LogP contribution in [0.15, 0.2) is 27.8 Å². The number of aliphatic imine (C=N–C) groups is 1. The molecule has 0 aromatic carbocycles. The summed E-state index contributed by atoms with van der Waals surface area (Å²) < 4.78 is 11.3. The predicted octanol–water partition coefficient (Wildman–Crippen LogP) is 4.14. The third kappa shape index (κ3) is 7.75. The third-order valence-electron chi connectivity index (χ3n) is 6.03. The molecule has 0 amide bonds. The number of hydrogen-bond acceptors (Lipinski definition) is 4. The molecular formula is C22H39IN4O2. The summed E-state index contributed by atoms with van der Waals surface area (Å²) >= 11 is 0. The highest BCUT2D eigenvalue weighted by atomic mass is 127. The molecule has 1 atom stereocenters. The van der Waals surface area contributed by atoms with E-state index in [4.69, 9.17) is 14.1 Å². The lowest BCUT2D eigenvalue weighted by molar-refractivity contribution is 0.0625. The second-order valence-corrected chi connectivity index (χ2v) is 8.09. The first-order valence-electron chi connectivity index (χ1n) is 11.1. The number of likely N-dealkylation sites (tertiary alicyclic amines) is 1. The molecule has 3 heterocycles. The minimum atomic E-state index is 0. The molecule has 1 unspecified atom stereocenters. The zero-order valence-electron chi connectivity index (χ0n) is 18.1. The number of ether oxygens (including phenoxy) is 1. The lowest BCUT2D eigenvalue weighted by Crippen LogP contribution is -2.41. The van der Waals surface area contributed by atoms with Crippen molar-refractivity contribution in [1.29, 1.82) is 0 Å². The van der Waals surface area contributed by atoms with E-state index >= 15 is 0 Å². The minimum absolute atomic E-state index is 0. The molecule has 2 saturated heterocycles. The van der Waals surface area contributed by atoms with Crippen molar-refractivity contribution in [2.24, 2.45) is 10.9 Å². The summed E-state index contributed by atoms with van der Waals surface area (Å²) in [5.41, 5.74) is 0. The van der Waals surface area contributed by atoms with E-state index in [0.717, 1.165) is 63.6 Å². The van der Waals surface area contributed by atoms with Gasteiger partial charge in [-0.2, -0.15) is 0 Å². The highest BCUT2D eigenvalue weighted by molar-refractivity contribution is 14.0. The van der Waals surface area contributed by atoms with Gasteiger partial charge in [0.2, 0.25) is 0 Å². The third-order valence-corrected chi connectivity index (χ3v) is 6.03. The molecule has 1 N–H and O–H groups in total. The number of rotatable bonds is 8. The molecule has 1 aromatic rings. The highest BCUT2D eigenvalue weighted by Gasteiger charge is 2.24. The fraction of sp³-hybridized carbons (Fsp3) is 0.773. The van der Waals surface area contributed by atoms with E-state index in [0.29, 0.717) is 0 Å². The van der Waals surface area contributed by atoms with E-state index < -0.39 is 0 Å². The molecule has 3 rings (SSSR count). The Hall–Kier alpha value is -0.800. The van der Waals surface area contributed by atoms with Gasteiger partial charge in [0.25, 0.3) is 0 Å². The van der Waals surface area contributed by atoms with Gasteiger partial charge in [0.15, 0.2) is 5.96 Å². The summed E-state index contributed by atoms with van der Waals surface area (Å²) in [7, 11) is 2.16. The van der Waals surface area contributed by atoms with Crippen LogP contribution in [0.4, 0.5) is 0 Å². The van der Waals surface area contributed by atoms with Crippen LogP contribution in [0.1, 0.15) is 57.3 Å². The number of hydrogen-bond donors (Lipinski definition) is 1. The van der Waals surface area contributed by atoms with Gasteiger partial charge in [-0.3, -0.25) is 9.89 Å². The Balaban J connectivity index is 0.00000300. The SMILES string of the molecule is CCNC(=NCC(c1ccco1)N1CCCCC1)N(C)CCC1CCOCC1.I. The number of furan rings is 1. The Morgan fingerprint density at radius 2 is 2.03 bits per heavy atom. The first-order valence-corrected chi connectivity index (χ1v) is 11.1. The van der Waals surface area contributed by atoms with Gasteiger partial charge < -0.3 is 19.4 Å². The fourth-order valence-electron chi connectivity index (χ4n) is 4.26. The van der Waals surface area contributed by atoms with Crippen LogP contribution in [-0.4, -0.2) is 68.7 Å². The van der Waals surface area contributed by atoms with Gasteiger partial charge in [-0.25, -0.2) is 0 Å². The van der Waals surface area contributed by atoms with Gasteiger partial charge in [0, 0.05) is 33.4 Å². The zero-order chi connectivity index (χ0) is 19.6. The standard InChI is InChI=1S/C22H38N4O2.HI/c1-3-23-22(25(2)14-9-19-10-16-27-17-11-19)24-18-20(21-8-7-15-28-21)26-12-5-4-6-13-26;/h7-8,15,19-20H,3-6,9-14,16-18H2,1-2H3,(H,23,24);1H. The van der Waals surface area contributed by atoms with E-state index in [9.17, 15) is 0 Å². The summed E-state index contributed by atoms with van der Waals surface area (Å²) in [5, 5.41) is 3.48. The van der Waals surface area contributed by atoms with Crippen molar-refractivity contribution in [3.8, 4) is 0 Å². The summed E-state index contributed by atoms with van der Waals surface area (Å²) in [6.07, 6.45) is 9.24. The van der Waals surface area contributed by atoms with Crippen LogP contribution in [0.2, 0.25) is 0 Å². The first kappa shape index (κ1) is 24.5. The molecule has 0 radical (unpaired) electrons. The minimum Gasteiger partial charge on any atom is -0.468 e. The molecule has 6 nitrogen and oxygen atoms in total. The fourth-order valence-corrected chi connectivity index (χ4v) is 4.26. The highest BCUT2D eigenvalue weighted by Crippen LogP contribution is 2.25. The maximum atomic E-state index is 5.77. The summed E-state index contributed by atoms with van der Waals surface area (Å²) in [4.78, 5) is 9.84. The van der Waals surface area contributed by atoms with Crippen molar-refractivity contribution < 1.29 is 9.15 Å². The van der Waals surface area contributed by atoms with Crippen LogP contribution in [0.5, 0.6) is 0 Å². The predicted molar refractivity (Wildman–Crippen MR) is 129 cm³/mol. The smallest absolute Gasteiger partial charge is 0.193 e. The number of piperidine rings is 1. The molecule has 2 fully saturated rings. The second-order valence-electron chi connectivity index (χ2n) is 8.09. The van der Waals surface area contributed by atoms with Crippen LogP contribution in [0, 0.1) is 5.92 Å². The average Bonchev–Trinajstić information content (AvgIpc) is 3.27. The van der Waals surface area contributed by atoms with E-state index in [2.05, 4.69) is 35.2 Å². The molecular weight excluding hydrogens is 479 g/mol. The van der Waals surface area contributed by atoms with Crippen molar-refractivity contribution in [3.63, 3.8) is 0 Å². The molecule has 29 heavy (non-hydrogen) atoms. The molecule has 2 aliphatic rings. The topological polar surface area (TPSA) is 53.2 Å². The van der Waals surface area contributed by atoms with E-state index in [-0.39, 0.29) is 30.0 Å². The summed E-state index contributed by atoms with van der Waals surface area (Å²) in [6, 6.07) is 4.31. The largest absolute Gasteiger partial charge is 0.468 e. The molecule has 1 aromatic heterocycles. The lowest BCUT2D eigenvalue weighted by Gasteiger charge is -2.33. The van der Waals surface area contributed by atoms with E-state index in [1.54, 1.807) is 6.26 Å². The summed E-state index contributed by atoms with van der Waals surface area (Å²) in [5.74, 6) is 2.82. The van der Waals surface area contributed by atoms with Gasteiger partial charge in [-0.05, 0) is 70.2 Å². The average molecular weight is 518 g/mol. The maximum Gasteiger partial charge on any atom is 0.193 e.